The second-order valence-corrected chi connectivity index (χ2v) is 10.3. The second-order valence-electron chi connectivity index (χ2n) is 10.3. The fraction of sp³-hybridized carbons (Fsp3) is 0.720. The van der Waals surface area contributed by atoms with Gasteiger partial charge in [-0.05, 0) is 44.6 Å². The Labute approximate surface area is 191 Å². The van der Waals surface area contributed by atoms with E-state index in [1.165, 1.54) is 0 Å². The van der Waals surface area contributed by atoms with Crippen molar-refractivity contribution in [2.75, 3.05) is 31.1 Å². The van der Waals surface area contributed by atoms with Crippen LogP contribution in [0.5, 0.6) is 0 Å². The van der Waals surface area contributed by atoms with Gasteiger partial charge in [0.15, 0.2) is 0 Å². The van der Waals surface area contributed by atoms with Crippen molar-refractivity contribution in [3.8, 4) is 6.07 Å². The molecule has 1 saturated heterocycles. The molecule has 0 aromatic carbocycles. The molecule has 1 aromatic heterocycles. The van der Waals surface area contributed by atoms with Gasteiger partial charge in [-0.3, -0.25) is 0 Å². The minimum atomic E-state index is -0.291. The number of carbonyl (C=O) groups is 1. The summed E-state index contributed by atoms with van der Waals surface area (Å²) in [6.45, 7) is 13.3. The molecule has 1 aromatic rings. The Morgan fingerprint density at radius 2 is 2.06 bits per heavy atom. The number of rotatable bonds is 5. The van der Waals surface area contributed by atoms with E-state index in [-0.39, 0.29) is 23.7 Å². The quantitative estimate of drug-likeness (QED) is 0.676. The molecule has 4 rings (SSSR count). The van der Waals surface area contributed by atoms with Gasteiger partial charge in [-0.2, -0.15) is 5.26 Å². The number of nitrogens with zero attached hydrogens (tertiary/aromatic N) is 4. The minimum absolute atomic E-state index is 0.0154. The van der Waals surface area contributed by atoms with Gasteiger partial charge in [0, 0.05) is 37.5 Å². The van der Waals surface area contributed by atoms with Gasteiger partial charge < -0.3 is 19.3 Å². The van der Waals surface area contributed by atoms with Gasteiger partial charge in [0.05, 0.1) is 36.1 Å². The lowest BCUT2D eigenvalue weighted by Crippen LogP contribution is -2.57. The van der Waals surface area contributed by atoms with E-state index in [1.54, 1.807) is 0 Å². The van der Waals surface area contributed by atoms with E-state index in [0.717, 1.165) is 48.3 Å². The summed E-state index contributed by atoms with van der Waals surface area (Å²) in [5, 5.41) is 10.2. The van der Waals surface area contributed by atoms with Crippen molar-refractivity contribution in [3.63, 3.8) is 0 Å². The first-order chi connectivity index (χ1) is 15.3. The molecule has 1 aliphatic carbocycles. The molecule has 0 radical (unpaired) electrons. The van der Waals surface area contributed by atoms with Crippen LogP contribution in [0, 0.1) is 17.2 Å². The van der Waals surface area contributed by atoms with Crippen molar-refractivity contribution in [3.05, 3.63) is 22.4 Å². The Balaban J connectivity index is 1.68. The van der Waals surface area contributed by atoms with Crippen LogP contribution in [0.1, 0.15) is 82.2 Å². The van der Waals surface area contributed by atoms with E-state index >= 15 is 0 Å². The Morgan fingerprint density at radius 1 is 1.31 bits per heavy atom. The highest BCUT2D eigenvalue weighted by atomic mass is 16.6. The van der Waals surface area contributed by atoms with Crippen LogP contribution in [-0.2, 0) is 22.5 Å². The molecular weight excluding hydrogens is 404 g/mol. The third-order valence-electron chi connectivity index (χ3n) is 6.86. The van der Waals surface area contributed by atoms with Crippen molar-refractivity contribution >= 4 is 11.9 Å². The highest BCUT2D eigenvalue weighted by Gasteiger charge is 2.39. The van der Waals surface area contributed by atoms with Crippen molar-refractivity contribution in [2.45, 2.75) is 84.5 Å². The summed E-state index contributed by atoms with van der Waals surface area (Å²) < 4.78 is 11.5. The molecule has 0 N–H and O–H groups in total. The molecule has 0 spiro atoms. The first-order valence-corrected chi connectivity index (χ1v) is 12.0. The second kappa shape index (κ2) is 8.90. The Kier molecular flexibility index (Phi) is 6.35. The predicted octanol–water partition coefficient (Wildman–Crippen LogP) is 4.38. The van der Waals surface area contributed by atoms with Crippen LogP contribution in [0.2, 0.25) is 0 Å². The van der Waals surface area contributed by atoms with Crippen LogP contribution in [0.15, 0.2) is 0 Å². The first-order valence-electron chi connectivity index (χ1n) is 12.0. The number of pyridine rings is 1. The average Bonchev–Trinajstić information content (AvgIpc) is 3.60. The summed E-state index contributed by atoms with van der Waals surface area (Å²) in [4.78, 5) is 21.8. The lowest BCUT2D eigenvalue weighted by Gasteiger charge is -2.44. The minimum Gasteiger partial charge on any atom is -0.449 e. The molecule has 3 heterocycles. The van der Waals surface area contributed by atoms with Gasteiger partial charge in [0.1, 0.15) is 11.9 Å². The van der Waals surface area contributed by atoms with E-state index in [4.69, 9.17) is 14.5 Å². The van der Waals surface area contributed by atoms with E-state index in [9.17, 15) is 10.1 Å². The molecule has 32 heavy (non-hydrogen) atoms. The molecule has 3 aliphatic rings. The van der Waals surface area contributed by atoms with Gasteiger partial charge in [0.25, 0.3) is 0 Å². The SMILES string of the molecule is CCCOC(=O)N1CCN(c2nc(C3CC3)c3c(c2C#N)CC(C)(C)OC3)CC1C(C)C. The highest BCUT2D eigenvalue weighted by molar-refractivity contribution is 5.69. The third-order valence-corrected chi connectivity index (χ3v) is 6.86. The van der Waals surface area contributed by atoms with Gasteiger partial charge in [-0.1, -0.05) is 20.8 Å². The molecule has 1 saturated carbocycles. The highest BCUT2D eigenvalue weighted by Crippen LogP contribution is 2.46. The van der Waals surface area contributed by atoms with Gasteiger partial charge >= 0.3 is 6.09 Å². The molecule has 1 atom stereocenters. The molecular formula is C25H36N4O3. The first kappa shape index (κ1) is 22.8. The molecule has 0 bridgehead atoms. The molecule has 2 fully saturated rings. The predicted molar refractivity (Wildman–Crippen MR) is 123 cm³/mol. The van der Waals surface area contributed by atoms with E-state index < -0.39 is 0 Å². The molecule has 2 aliphatic heterocycles. The lowest BCUT2D eigenvalue weighted by atomic mass is 9.87. The van der Waals surface area contributed by atoms with Crippen molar-refractivity contribution in [1.29, 1.82) is 5.26 Å². The number of ether oxygens (including phenoxy) is 2. The number of piperazine rings is 1. The Bertz CT molecular complexity index is 917. The summed E-state index contributed by atoms with van der Waals surface area (Å²) in [5.41, 5.74) is 3.76. The van der Waals surface area contributed by atoms with Gasteiger partial charge in [-0.15, -0.1) is 0 Å². The summed E-state index contributed by atoms with van der Waals surface area (Å²) in [6.07, 6.45) is 3.60. The largest absolute Gasteiger partial charge is 0.449 e. The molecule has 1 unspecified atom stereocenters. The third kappa shape index (κ3) is 4.43. The summed E-state index contributed by atoms with van der Waals surface area (Å²) >= 11 is 0. The normalized spacial score (nSPS) is 22.5. The van der Waals surface area contributed by atoms with E-state index in [2.05, 4.69) is 38.7 Å². The summed E-state index contributed by atoms with van der Waals surface area (Å²) in [6, 6.07) is 2.50. The topological polar surface area (TPSA) is 78.7 Å². The number of hydrogen-bond donors (Lipinski definition) is 0. The van der Waals surface area contributed by atoms with Gasteiger partial charge in [0.2, 0.25) is 0 Å². The summed E-state index contributed by atoms with van der Waals surface area (Å²) in [7, 11) is 0. The van der Waals surface area contributed by atoms with Crippen molar-refractivity contribution in [2.24, 2.45) is 5.92 Å². The fourth-order valence-electron chi connectivity index (χ4n) is 4.89. The zero-order valence-corrected chi connectivity index (χ0v) is 20.1. The zero-order valence-electron chi connectivity index (χ0n) is 20.1. The number of aromatic nitrogens is 1. The number of anilines is 1. The maximum atomic E-state index is 12.7. The van der Waals surface area contributed by atoms with Crippen molar-refractivity contribution in [1.82, 2.24) is 9.88 Å². The maximum absolute atomic E-state index is 12.7. The monoisotopic (exact) mass is 440 g/mol. The van der Waals surface area contributed by atoms with E-state index in [1.807, 2.05) is 11.8 Å². The number of carbonyl (C=O) groups excluding carboxylic acids is 1. The van der Waals surface area contributed by atoms with Crippen molar-refractivity contribution < 1.29 is 14.3 Å². The smallest absolute Gasteiger partial charge is 0.410 e. The molecule has 7 heteroatoms. The fourth-order valence-corrected chi connectivity index (χ4v) is 4.89. The molecule has 174 valence electrons. The van der Waals surface area contributed by atoms with Crippen LogP contribution < -0.4 is 4.90 Å². The number of hydrogen-bond acceptors (Lipinski definition) is 6. The maximum Gasteiger partial charge on any atom is 0.410 e. The average molecular weight is 441 g/mol. The molecule has 1 amide bonds. The van der Waals surface area contributed by atoms with Crippen LogP contribution in [0.4, 0.5) is 10.6 Å². The van der Waals surface area contributed by atoms with Crippen LogP contribution in [0.25, 0.3) is 0 Å². The lowest BCUT2D eigenvalue weighted by molar-refractivity contribution is -0.0407. The zero-order chi connectivity index (χ0) is 23.0. The van der Waals surface area contributed by atoms with Crippen LogP contribution >= 0.6 is 0 Å². The number of amides is 1. The molecule has 7 nitrogen and oxygen atoms in total. The summed E-state index contributed by atoms with van der Waals surface area (Å²) in [5.74, 6) is 1.54. The van der Waals surface area contributed by atoms with Crippen LogP contribution in [0.3, 0.4) is 0 Å². The van der Waals surface area contributed by atoms with Gasteiger partial charge in [-0.25, -0.2) is 9.78 Å². The Morgan fingerprint density at radius 3 is 2.69 bits per heavy atom. The number of fused-ring (bicyclic) bond motifs is 1. The Hall–Kier alpha value is -2.33. The van der Waals surface area contributed by atoms with E-state index in [0.29, 0.717) is 44.3 Å². The van der Waals surface area contributed by atoms with Crippen LogP contribution in [-0.4, -0.2) is 53.9 Å². The standard InChI is InChI=1S/C25H36N4O3/c1-6-11-31-24(30)29-10-9-28(14-21(29)16(2)3)23-19(13-26)18-12-25(4,5)32-15-20(18)22(27-23)17-7-8-17/h16-17,21H,6-12,14-15H2,1-5H3. The number of nitriles is 1.